The zero-order valence-electron chi connectivity index (χ0n) is 29.8. The summed E-state index contributed by atoms with van der Waals surface area (Å²) in [5, 5.41) is 13.0. The maximum atomic E-state index is 15.6. The van der Waals surface area contributed by atoms with E-state index < -0.39 is 47.8 Å². The van der Waals surface area contributed by atoms with Crippen LogP contribution in [0.4, 0.5) is 0 Å². The zero-order chi connectivity index (χ0) is 35.6. The van der Waals surface area contributed by atoms with Gasteiger partial charge in [-0.2, -0.15) is 0 Å². The van der Waals surface area contributed by atoms with E-state index in [9.17, 15) is 5.11 Å². The summed E-state index contributed by atoms with van der Waals surface area (Å²) in [5.41, 5.74) is 3.93. The van der Waals surface area contributed by atoms with E-state index in [1.54, 1.807) is 13.8 Å². The second kappa shape index (κ2) is 14.6. The SMILES string of the molecule is CC1(C)O[C@@H]2[C@@H](CO[C@@]3([C@H](O)[C@@H](C(=O)N(Cc4ccccc4)Cc4ccccc4)N(Cc4ccccc4)Cc4ccccc4)OC(C)(C)O[C@@H]23)O1. The van der Waals surface area contributed by atoms with Crippen molar-refractivity contribution in [3.05, 3.63) is 144 Å². The van der Waals surface area contributed by atoms with Crippen molar-refractivity contribution in [3.63, 3.8) is 0 Å². The number of hydrogen-bond donors (Lipinski definition) is 1. The minimum Gasteiger partial charge on any atom is -0.385 e. The Morgan fingerprint density at radius 2 is 1.12 bits per heavy atom. The summed E-state index contributed by atoms with van der Waals surface area (Å²) in [4.78, 5) is 19.4. The fraction of sp³-hybridized carbons (Fsp3) is 0.405. The first kappa shape index (κ1) is 35.5. The first-order valence-corrected chi connectivity index (χ1v) is 17.8. The zero-order valence-corrected chi connectivity index (χ0v) is 29.8. The van der Waals surface area contributed by atoms with Crippen molar-refractivity contribution in [3.8, 4) is 0 Å². The summed E-state index contributed by atoms with van der Waals surface area (Å²) in [5.74, 6) is -4.05. The van der Waals surface area contributed by atoms with Crippen molar-refractivity contribution in [2.75, 3.05) is 6.61 Å². The number of ether oxygens (including phenoxy) is 5. The highest BCUT2D eigenvalue weighted by Gasteiger charge is 2.70. The molecule has 3 aliphatic heterocycles. The first-order valence-electron chi connectivity index (χ1n) is 17.8. The Morgan fingerprint density at radius 3 is 1.59 bits per heavy atom. The van der Waals surface area contributed by atoms with Gasteiger partial charge in [-0.25, -0.2) is 0 Å². The quantitative estimate of drug-likeness (QED) is 0.192. The van der Waals surface area contributed by atoms with Gasteiger partial charge in [0.25, 0.3) is 0 Å². The number of fused-ring (bicyclic) bond motifs is 3. The van der Waals surface area contributed by atoms with Crippen LogP contribution in [0.1, 0.15) is 49.9 Å². The number of carbonyl (C=O) groups excluding carboxylic acids is 1. The Morgan fingerprint density at radius 1 is 0.667 bits per heavy atom. The molecule has 0 spiro atoms. The van der Waals surface area contributed by atoms with Gasteiger partial charge in [-0.1, -0.05) is 121 Å². The van der Waals surface area contributed by atoms with Gasteiger partial charge in [-0.3, -0.25) is 9.69 Å². The van der Waals surface area contributed by atoms with Gasteiger partial charge in [0.05, 0.1) is 6.61 Å². The molecule has 0 bridgehead atoms. The van der Waals surface area contributed by atoms with Crippen LogP contribution in [0.25, 0.3) is 0 Å². The maximum absolute atomic E-state index is 15.6. The Kier molecular flexibility index (Phi) is 10.2. The molecule has 51 heavy (non-hydrogen) atoms. The average Bonchev–Trinajstić information content (AvgIpc) is 3.61. The van der Waals surface area contributed by atoms with Crippen LogP contribution in [0.2, 0.25) is 0 Å². The Balaban J connectivity index is 1.35. The van der Waals surface area contributed by atoms with Crippen LogP contribution < -0.4 is 0 Å². The van der Waals surface area contributed by atoms with Gasteiger partial charge in [0.1, 0.15) is 30.5 Å². The normalized spacial score (nSPS) is 25.9. The molecule has 1 amide bonds. The fourth-order valence-corrected chi connectivity index (χ4v) is 7.64. The van der Waals surface area contributed by atoms with Gasteiger partial charge < -0.3 is 33.7 Å². The third-order valence-electron chi connectivity index (χ3n) is 9.76. The van der Waals surface area contributed by atoms with Gasteiger partial charge in [0.2, 0.25) is 11.7 Å². The molecule has 4 aromatic rings. The van der Waals surface area contributed by atoms with Crippen LogP contribution >= 0.6 is 0 Å². The molecule has 6 atom stereocenters. The van der Waals surface area contributed by atoms with Gasteiger partial charge in [-0.05, 0) is 49.9 Å². The summed E-state index contributed by atoms with van der Waals surface area (Å²) in [6, 6.07) is 38.7. The first-order chi connectivity index (χ1) is 24.5. The monoisotopic (exact) mass is 692 g/mol. The van der Waals surface area contributed by atoms with Crippen molar-refractivity contribution < 1.29 is 33.6 Å². The molecule has 3 fully saturated rings. The van der Waals surface area contributed by atoms with Crippen LogP contribution in [0, 0.1) is 0 Å². The second-order valence-corrected chi connectivity index (χ2v) is 14.6. The second-order valence-electron chi connectivity index (χ2n) is 14.6. The van der Waals surface area contributed by atoms with Gasteiger partial charge in [0, 0.05) is 26.2 Å². The minimum atomic E-state index is -1.74. The predicted molar refractivity (Wildman–Crippen MR) is 192 cm³/mol. The standard InChI is InChI=1S/C42H48N2O7/c1-40(2)48-34-29-47-42(38(36(34)49-40)50-41(3,4)51-42)37(45)35(43(25-30-17-9-5-10-18-30)26-31-19-11-6-12-20-31)39(46)44(27-32-21-13-7-14-22-32)28-33-23-15-8-16-24-33/h5-24,34-38,45H,25-29H2,1-4H3/t34-,35+,36-,37-,38+,42+/m1/s1. The van der Waals surface area contributed by atoms with E-state index in [2.05, 4.69) is 0 Å². The average molecular weight is 693 g/mol. The van der Waals surface area contributed by atoms with E-state index in [1.807, 2.05) is 145 Å². The lowest BCUT2D eigenvalue weighted by atomic mass is 9.87. The lowest BCUT2D eigenvalue weighted by molar-refractivity contribution is -0.325. The van der Waals surface area contributed by atoms with Crippen molar-refractivity contribution in [2.24, 2.45) is 0 Å². The Bertz CT molecular complexity index is 1660. The highest BCUT2D eigenvalue weighted by molar-refractivity contribution is 5.83. The van der Waals surface area contributed by atoms with Crippen LogP contribution in [0.3, 0.4) is 0 Å². The van der Waals surface area contributed by atoms with E-state index in [0.717, 1.165) is 22.3 Å². The number of hydrogen-bond acceptors (Lipinski definition) is 8. The van der Waals surface area contributed by atoms with Crippen LogP contribution in [0.5, 0.6) is 0 Å². The number of aliphatic hydroxyl groups excluding tert-OH is 1. The van der Waals surface area contributed by atoms with Crippen molar-refractivity contribution >= 4 is 5.91 Å². The Hall–Kier alpha value is -3.93. The lowest BCUT2D eigenvalue weighted by Gasteiger charge is -2.47. The molecule has 3 aliphatic rings. The number of rotatable bonds is 12. The number of carbonyl (C=O) groups is 1. The highest BCUT2D eigenvalue weighted by Crippen LogP contribution is 2.50. The molecule has 0 aliphatic carbocycles. The molecule has 1 N–H and O–H groups in total. The summed E-state index contributed by atoms with van der Waals surface area (Å²) in [7, 11) is 0. The van der Waals surface area contributed by atoms with E-state index >= 15 is 4.79 Å². The Labute approximate surface area is 300 Å². The van der Waals surface area contributed by atoms with E-state index in [1.165, 1.54) is 0 Å². The van der Waals surface area contributed by atoms with Gasteiger partial charge in [-0.15, -0.1) is 0 Å². The van der Waals surface area contributed by atoms with Crippen LogP contribution in [-0.4, -0.2) is 75.2 Å². The topological polar surface area (TPSA) is 89.9 Å². The van der Waals surface area contributed by atoms with Crippen LogP contribution in [0.15, 0.2) is 121 Å². The van der Waals surface area contributed by atoms with Crippen molar-refractivity contribution in [1.29, 1.82) is 0 Å². The molecule has 0 saturated carbocycles. The number of aliphatic hydroxyl groups is 1. The predicted octanol–water partition coefficient (Wildman–Crippen LogP) is 6.05. The molecule has 3 heterocycles. The van der Waals surface area contributed by atoms with Crippen molar-refractivity contribution in [1.82, 2.24) is 9.80 Å². The van der Waals surface area contributed by atoms with E-state index in [0.29, 0.717) is 26.2 Å². The third kappa shape index (κ3) is 7.80. The van der Waals surface area contributed by atoms with E-state index in [-0.39, 0.29) is 12.5 Å². The molecular weight excluding hydrogens is 644 g/mol. The molecule has 268 valence electrons. The summed E-state index contributed by atoms with van der Waals surface area (Å²) >= 11 is 0. The molecule has 0 unspecified atom stereocenters. The molecule has 7 rings (SSSR count). The summed E-state index contributed by atoms with van der Waals surface area (Å²) < 4.78 is 32.4. The minimum absolute atomic E-state index is 0.0944. The van der Waals surface area contributed by atoms with E-state index in [4.69, 9.17) is 23.7 Å². The smallest absolute Gasteiger partial charge is 0.243 e. The molecule has 4 aromatic carbocycles. The largest absolute Gasteiger partial charge is 0.385 e. The maximum Gasteiger partial charge on any atom is 0.243 e. The van der Waals surface area contributed by atoms with Gasteiger partial charge in [0.15, 0.2) is 11.6 Å². The van der Waals surface area contributed by atoms with Crippen LogP contribution in [-0.2, 0) is 54.7 Å². The molecular formula is C42H48N2O7. The molecule has 0 aromatic heterocycles. The lowest BCUT2D eigenvalue weighted by Crippen LogP contribution is -2.69. The third-order valence-corrected chi connectivity index (χ3v) is 9.76. The molecule has 9 heteroatoms. The van der Waals surface area contributed by atoms with Crippen molar-refractivity contribution in [2.45, 2.75) is 102 Å². The summed E-state index contributed by atoms with van der Waals surface area (Å²) in [6.45, 7) is 8.78. The fourth-order valence-electron chi connectivity index (χ4n) is 7.64. The number of benzene rings is 4. The summed E-state index contributed by atoms with van der Waals surface area (Å²) in [6.07, 6.45) is -3.42. The molecule has 3 saturated heterocycles. The number of nitrogens with zero attached hydrogens (tertiary/aromatic N) is 2. The molecule has 9 nitrogen and oxygen atoms in total. The highest BCUT2D eigenvalue weighted by atomic mass is 16.9. The number of amides is 1. The van der Waals surface area contributed by atoms with Gasteiger partial charge >= 0.3 is 0 Å². The molecule has 0 radical (unpaired) electrons.